The molecular formula is C19H26N4O4. The third kappa shape index (κ3) is 4.39. The van der Waals surface area contributed by atoms with E-state index < -0.39 is 0 Å². The van der Waals surface area contributed by atoms with Gasteiger partial charge in [0.05, 0.1) is 37.4 Å². The average Bonchev–Trinajstić information content (AvgIpc) is 2.99. The lowest BCUT2D eigenvalue weighted by Gasteiger charge is -2.30. The Balaban J connectivity index is 1.77. The Morgan fingerprint density at radius 3 is 2.70 bits per heavy atom. The second-order valence-electron chi connectivity index (χ2n) is 6.75. The number of anilines is 1. The summed E-state index contributed by atoms with van der Waals surface area (Å²) in [5.41, 5.74) is 8.94. The molecule has 1 saturated heterocycles. The third-order valence-electron chi connectivity index (χ3n) is 4.94. The molecule has 0 amide bonds. The number of nitrogen functional groups attached to an aromatic ring is 1. The molecule has 3 rings (SSSR count). The molecule has 0 aliphatic carbocycles. The minimum atomic E-state index is -0.325. The number of rotatable bonds is 6. The van der Waals surface area contributed by atoms with Crippen LogP contribution in [-0.2, 0) is 32.0 Å². The average molecular weight is 374 g/mol. The van der Waals surface area contributed by atoms with Crippen molar-refractivity contribution in [3.63, 3.8) is 0 Å². The van der Waals surface area contributed by atoms with Gasteiger partial charge < -0.3 is 19.6 Å². The fourth-order valence-corrected chi connectivity index (χ4v) is 3.48. The van der Waals surface area contributed by atoms with Gasteiger partial charge in [0.1, 0.15) is 5.65 Å². The molecule has 2 aromatic rings. The number of piperidine rings is 1. The van der Waals surface area contributed by atoms with Crippen molar-refractivity contribution in [3.05, 3.63) is 29.7 Å². The second-order valence-corrected chi connectivity index (χ2v) is 6.75. The molecule has 2 aromatic heterocycles. The highest BCUT2D eigenvalue weighted by Crippen LogP contribution is 2.23. The number of nitrogens with zero attached hydrogens (tertiary/aromatic N) is 3. The fraction of sp³-hybridized carbons (Fsp3) is 0.526. The lowest BCUT2D eigenvalue weighted by atomic mass is 9.97. The van der Waals surface area contributed by atoms with Gasteiger partial charge in [0.25, 0.3) is 0 Å². The van der Waals surface area contributed by atoms with E-state index >= 15 is 0 Å². The fourth-order valence-electron chi connectivity index (χ4n) is 3.48. The molecule has 8 heteroatoms. The van der Waals surface area contributed by atoms with Gasteiger partial charge in [0.2, 0.25) is 0 Å². The van der Waals surface area contributed by atoms with E-state index in [-0.39, 0.29) is 24.3 Å². The molecule has 1 aliphatic heterocycles. The maximum Gasteiger partial charge on any atom is 0.311 e. The van der Waals surface area contributed by atoms with Crippen LogP contribution in [0.5, 0.6) is 0 Å². The molecule has 2 N–H and O–H groups in total. The Hall–Kier alpha value is -2.61. The summed E-state index contributed by atoms with van der Waals surface area (Å²) < 4.78 is 11.9. The van der Waals surface area contributed by atoms with Gasteiger partial charge in [-0.3, -0.25) is 14.5 Å². The second kappa shape index (κ2) is 8.39. The molecule has 1 aliphatic rings. The SMILES string of the molecule is CCOC(=O)C1CCN(Cc2c(CC(=O)OC)nc3ccc(N)cn23)CC1. The van der Waals surface area contributed by atoms with Crippen molar-refractivity contribution >= 4 is 23.3 Å². The maximum absolute atomic E-state index is 11.9. The number of carbonyl (C=O) groups is 2. The van der Waals surface area contributed by atoms with Crippen LogP contribution in [0.2, 0.25) is 0 Å². The van der Waals surface area contributed by atoms with E-state index in [1.54, 1.807) is 6.07 Å². The largest absolute Gasteiger partial charge is 0.469 e. The smallest absolute Gasteiger partial charge is 0.311 e. The molecule has 0 saturated carbocycles. The lowest BCUT2D eigenvalue weighted by Crippen LogP contribution is -2.37. The molecule has 27 heavy (non-hydrogen) atoms. The summed E-state index contributed by atoms with van der Waals surface area (Å²) in [6.07, 6.45) is 3.48. The van der Waals surface area contributed by atoms with Crippen molar-refractivity contribution in [3.8, 4) is 0 Å². The molecule has 0 radical (unpaired) electrons. The van der Waals surface area contributed by atoms with E-state index in [1.807, 2.05) is 23.6 Å². The van der Waals surface area contributed by atoms with E-state index in [4.69, 9.17) is 15.2 Å². The van der Waals surface area contributed by atoms with Crippen molar-refractivity contribution in [2.75, 3.05) is 32.5 Å². The van der Waals surface area contributed by atoms with Gasteiger partial charge in [-0.1, -0.05) is 0 Å². The Morgan fingerprint density at radius 2 is 2.04 bits per heavy atom. The molecule has 0 bridgehead atoms. The minimum Gasteiger partial charge on any atom is -0.469 e. The van der Waals surface area contributed by atoms with E-state index in [2.05, 4.69) is 9.88 Å². The Labute approximate surface area is 158 Å². The zero-order valence-electron chi connectivity index (χ0n) is 15.8. The number of ether oxygens (including phenoxy) is 2. The van der Waals surface area contributed by atoms with Crippen LogP contribution >= 0.6 is 0 Å². The zero-order chi connectivity index (χ0) is 19.4. The highest BCUT2D eigenvalue weighted by atomic mass is 16.5. The lowest BCUT2D eigenvalue weighted by molar-refractivity contribution is -0.149. The summed E-state index contributed by atoms with van der Waals surface area (Å²) in [6, 6.07) is 3.63. The first-order valence-corrected chi connectivity index (χ1v) is 9.23. The summed E-state index contributed by atoms with van der Waals surface area (Å²) in [5.74, 6) is -0.465. The number of carbonyl (C=O) groups excluding carboxylic acids is 2. The van der Waals surface area contributed by atoms with Crippen molar-refractivity contribution in [1.82, 2.24) is 14.3 Å². The molecule has 8 nitrogen and oxygen atoms in total. The first kappa shape index (κ1) is 19.2. The monoisotopic (exact) mass is 374 g/mol. The van der Waals surface area contributed by atoms with Crippen molar-refractivity contribution in [2.45, 2.75) is 32.7 Å². The zero-order valence-corrected chi connectivity index (χ0v) is 15.8. The van der Waals surface area contributed by atoms with Crippen LogP contribution in [0.1, 0.15) is 31.2 Å². The normalized spacial score (nSPS) is 15.8. The van der Waals surface area contributed by atoms with Gasteiger partial charge in [0, 0.05) is 18.4 Å². The molecular weight excluding hydrogens is 348 g/mol. The summed E-state index contributed by atoms with van der Waals surface area (Å²) in [5, 5.41) is 0. The predicted molar refractivity (Wildman–Crippen MR) is 100.0 cm³/mol. The van der Waals surface area contributed by atoms with Crippen LogP contribution in [0, 0.1) is 5.92 Å². The topological polar surface area (TPSA) is 99.2 Å². The maximum atomic E-state index is 11.9. The Bertz CT molecular complexity index is 824. The van der Waals surface area contributed by atoms with Gasteiger partial charge >= 0.3 is 11.9 Å². The third-order valence-corrected chi connectivity index (χ3v) is 4.94. The number of pyridine rings is 1. The van der Waals surface area contributed by atoms with E-state index in [0.717, 1.165) is 37.3 Å². The van der Waals surface area contributed by atoms with Crippen LogP contribution in [0.4, 0.5) is 5.69 Å². The predicted octanol–water partition coefficient (Wildman–Crippen LogP) is 1.41. The number of hydrogen-bond donors (Lipinski definition) is 1. The van der Waals surface area contributed by atoms with Gasteiger partial charge in [-0.2, -0.15) is 0 Å². The van der Waals surface area contributed by atoms with Crippen LogP contribution in [0.25, 0.3) is 5.65 Å². The summed E-state index contributed by atoms with van der Waals surface area (Å²) in [4.78, 5) is 30.6. The van der Waals surface area contributed by atoms with Gasteiger partial charge in [-0.25, -0.2) is 4.98 Å². The number of hydrogen-bond acceptors (Lipinski definition) is 7. The van der Waals surface area contributed by atoms with Crippen LogP contribution in [0.15, 0.2) is 18.3 Å². The first-order valence-electron chi connectivity index (χ1n) is 9.23. The first-order chi connectivity index (χ1) is 13.0. The molecule has 3 heterocycles. The number of imidazole rings is 1. The number of likely N-dealkylation sites (tertiary alicyclic amines) is 1. The summed E-state index contributed by atoms with van der Waals surface area (Å²) in [7, 11) is 1.37. The highest BCUT2D eigenvalue weighted by Gasteiger charge is 2.27. The number of fused-ring (bicyclic) bond motifs is 1. The van der Waals surface area contributed by atoms with Crippen molar-refractivity contribution in [1.29, 1.82) is 0 Å². The standard InChI is InChI=1S/C19H26N4O4/c1-3-27-19(25)13-6-8-22(9-7-13)12-16-15(10-18(24)26-2)21-17-5-4-14(20)11-23(16)17/h4-5,11,13H,3,6-10,12,20H2,1-2H3. The Morgan fingerprint density at radius 1 is 1.30 bits per heavy atom. The minimum absolute atomic E-state index is 0.0337. The molecule has 0 unspecified atom stereocenters. The summed E-state index contributed by atoms with van der Waals surface area (Å²) in [6.45, 7) is 4.45. The molecule has 0 aromatic carbocycles. The van der Waals surface area contributed by atoms with E-state index in [1.165, 1.54) is 7.11 Å². The van der Waals surface area contributed by atoms with Gasteiger partial charge in [-0.15, -0.1) is 0 Å². The molecule has 1 fully saturated rings. The number of methoxy groups -OCH3 is 1. The van der Waals surface area contributed by atoms with Crippen molar-refractivity contribution < 1.29 is 19.1 Å². The number of aromatic nitrogens is 2. The summed E-state index contributed by atoms with van der Waals surface area (Å²) >= 11 is 0. The molecule has 0 atom stereocenters. The van der Waals surface area contributed by atoms with Crippen LogP contribution in [-0.4, -0.2) is 53.0 Å². The molecule has 0 spiro atoms. The van der Waals surface area contributed by atoms with E-state index in [9.17, 15) is 9.59 Å². The Kier molecular flexibility index (Phi) is 5.95. The van der Waals surface area contributed by atoms with Crippen LogP contribution < -0.4 is 5.73 Å². The van der Waals surface area contributed by atoms with Crippen LogP contribution in [0.3, 0.4) is 0 Å². The number of esters is 2. The van der Waals surface area contributed by atoms with Gasteiger partial charge in [0.15, 0.2) is 0 Å². The number of nitrogens with two attached hydrogens (primary N) is 1. The van der Waals surface area contributed by atoms with Gasteiger partial charge in [-0.05, 0) is 45.0 Å². The van der Waals surface area contributed by atoms with Crippen molar-refractivity contribution in [2.24, 2.45) is 5.92 Å². The quantitative estimate of drug-likeness (QED) is 0.763. The molecule has 146 valence electrons. The van der Waals surface area contributed by atoms with E-state index in [0.29, 0.717) is 24.5 Å². The highest BCUT2D eigenvalue weighted by molar-refractivity contribution is 5.73.